The van der Waals surface area contributed by atoms with Crippen LogP contribution in [0.5, 0.6) is 0 Å². The Morgan fingerprint density at radius 2 is 2.06 bits per heavy atom. The minimum Gasteiger partial charge on any atom is -0.302 e. The number of Topliss-reactive ketones (excluding diaryl/α,β-unsaturated/α-hetero) is 1. The smallest absolute Gasteiger partial charge is 0.137 e. The molecule has 0 aromatic carbocycles. The van der Waals surface area contributed by atoms with E-state index in [0.717, 1.165) is 25.8 Å². The number of carbonyl (C=O) groups excluding carboxylic acids is 1. The highest BCUT2D eigenvalue weighted by Crippen LogP contribution is 2.30. The molecule has 98 valence electrons. The van der Waals surface area contributed by atoms with Crippen molar-refractivity contribution >= 4 is 5.78 Å². The summed E-state index contributed by atoms with van der Waals surface area (Å²) in [6, 6.07) is 0. The van der Waals surface area contributed by atoms with Crippen molar-refractivity contribution in [3.8, 4) is 0 Å². The number of carbonyl (C=O) groups is 1. The van der Waals surface area contributed by atoms with E-state index in [1.54, 1.807) is 0 Å². The van der Waals surface area contributed by atoms with Gasteiger partial charge in [-0.3, -0.25) is 4.79 Å². The molecule has 0 aromatic heterocycles. The van der Waals surface area contributed by atoms with Crippen molar-refractivity contribution in [2.24, 2.45) is 11.3 Å². The van der Waals surface area contributed by atoms with Gasteiger partial charge in [0.25, 0.3) is 0 Å². The highest BCUT2D eigenvalue weighted by molar-refractivity contribution is 5.81. The van der Waals surface area contributed by atoms with Crippen molar-refractivity contribution < 1.29 is 4.79 Å². The van der Waals surface area contributed by atoms with Gasteiger partial charge < -0.3 is 4.90 Å². The molecular weight excluding hydrogens is 210 g/mol. The van der Waals surface area contributed by atoms with Gasteiger partial charge in [0.05, 0.1) is 0 Å². The topological polar surface area (TPSA) is 20.3 Å². The normalized spacial score (nSPS) is 31.2. The average molecular weight is 237 g/mol. The van der Waals surface area contributed by atoms with Gasteiger partial charge in [-0.15, -0.1) is 0 Å². The van der Waals surface area contributed by atoms with Crippen molar-refractivity contribution in [3.05, 3.63) is 0 Å². The molecule has 2 nitrogen and oxygen atoms in total. The van der Waals surface area contributed by atoms with Crippen molar-refractivity contribution in [2.45, 2.75) is 58.8 Å². The Hall–Kier alpha value is -0.370. The lowest BCUT2D eigenvalue weighted by molar-refractivity contribution is -0.123. The number of rotatable bonds is 2. The molecule has 0 bridgehead atoms. The standard InChI is InChI=1S/C15H27NO/c1-15(2)9-6-10-16(12-15)11-13-7-4-3-5-8-14(13)17/h13H,3-12H2,1-2H3. The van der Waals surface area contributed by atoms with Gasteiger partial charge in [-0.25, -0.2) is 0 Å². The summed E-state index contributed by atoms with van der Waals surface area (Å²) < 4.78 is 0. The van der Waals surface area contributed by atoms with E-state index in [4.69, 9.17) is 0 Å². The molecule has 1 saturated carbocycles. The first-order valence-electron chi connectivity index (χ1n) is 7.32. The summed E-state index contributed by atoms with van der Waals surface area (Å²) in [5.41, 5.74) is 0.450. The van der Waals surface area contributed by atoms with Gasteiger partial charge in [0, 0.05) is 25.4 Å². The molecule has 2 fully saturated rings. The molecular formula is C15H27NO. The van der Waals surface area contributed by atoms with E-state index >= 15 is 0 Å². The molecule has 17 heavy (non-hydrogen) atoms. The van der Waals surface area contributed by atoms with E-state index in [1.165, 1.54) is 38.8 Å². The largest absolute Gasteiger partial charge is 0.302 e. The van der Waals surface area contributed by atoms with E-state index < -0.39 is 0 Å². The fourth-order valence-electron chi connectivity index (χ4n) is 3.44. The zero-order valence-electron chi connectivity index (χ0n) is 11.5. The lowest BCUT2D eigenvalue weighted by Crippen LogP contribution is -2.43. The van der Waals surface area contributed by atoms with Crippen molar-refractivity contribution in [2.75, 3.05) is 19.6 Å². The zero-order chi connectivity index (χ0) is 12.3. The molecule has 1 unspecified atom stereocenters. The van der Waals surface area contributed by atoms with Gasteiger partial charge in [0.1, 0.15) is 5.78 Å². The number of nitrogens with zero attached hydrogens (tertiary/aromatic N) is 1. The molecule has 1 aliphatic heterocycles. The Morgan fingerprint density at radius 1 is 1.24 bits per heavy atom. The molecule has 1 aliphatic carbocycles. The first-order valence-corrected chi connectivity index (χ1v) is 7.32. The van der Waals surface area contributed by atoms with Crippen LogP contribution in [0.3, 0.4) is 0 Å². The SMILES string of the molecule is CC1(C)CCCN(CC2CCCCCC2=O)C1. The van der Waals surface area contributed by atoms with Crippen molar-refractivity contribution in [3.63, 3.8) is 0 Å². The van der Waals surface area contributed by atoms with Crippen LogP contribution in [0, 0.1) is 11.3 Å². The molecule has 2 heteroatoms. The molecule has 1 heterocycles. The molecule has 1 saturated heterocycles. The Balaban J connectivity index is 1.88. The summed E-state index contributed by atoms with van der Waals surface area (Å²) in [4.78, 5) is 14.6. The van der Waals surface area contributed by atoms with Gasteiger partial charge in [0.15, 0.2) is 0 Å². The number of hydrogen-bond donors (Lipinski definition) is 0. The Bertz CT molecular complexity index is 272. The maximum atomic E-state index is 12.0. The highest BCUT2D eigenvalue weighted by Gasteiger charge is 2.29. The predicted molar refractivity (Wildman–Crippen MR) is 71.0 cm³/mol. The fraction of sp³-hybridized carbons (Fsp3) is 0.933. The van der Waals surface area contributed by atoms with E-state index in [1.807, 2.05) is 0 Å². The second-order valence-corrected chi connectivity index (χ2v) is 6.77. The molecule has 1 atom stereocenters. The number of piperidine rings is 1. The third-order valence-corrected chi connectivity index (χ3v) is 4.39. The predicted octanol–water partition coefficient (Wildman–Crippen LogP) is 3.26. The van der Waals surface area contributed by atoms with Gasteiger partial charge in [-0.05, 0) is 37.6 Å². The monoisotopic (exact) mass is 237 g/mol. The van der Waals surface area contributed by atoms with Crippen molar-refractivity contribution in [1.29, 1.82) is 0 Å². The van der Waals surface area contributed by atoms with Crippen LogP contribution < -0.4 is 0 Å². The number of hydrogen-bond acceptors (Lipinski definition) is 2. The summed E-state index contributed by atoms with van der Waals surface area (Å²) in [7, 11) is 0. The maximum Gasteiger partial charge on any atom is 0.137 e. The summed E-state index contributed by atoms with van der Waals surface area (Å²) in [5.74, 6) is 0.872. The van der Waals surface area contributed by atoms with E-state index in [9.17, 15) is 4.79 Å². The quantitative estimate of drug-likeness (QED) is 0.687. The molecule has 0 aromatic rings. The van der Waals surface area contributed by atoms with Gasteiger partial charge >= 0.3 is 0 Å². The molecule has 0 radical (unpaired) electrons. The summed E-state index contributed by atoms with van der Waals surface area (Å²) in [5, 5.41) is 0. The van der Waals surface area contributed by atoms with Crippen LogP contribution >= 0.6 is 0 Å². The Labute approximate surface area is 106 Å². The first kappa shape index (κ1) is 13.1. The van der Waals surface area contributed by atoms with Crippen LogP contribution in [-0.4, -0.2) is 30.3 Å². The second-order valence-electron chi connectivity index (χ2n) is 6.77. The second kappa shape index (κ2) is 5.51. The zero-order valence-corrected chi connectivity index (χ0v) is 11.5. The highest BCUT2D eigenvalue weighted by atomic mass is 16.1. The van der Waals surface area contributed by atoms with Gasteiger partial charge in [-0.2, -0.15) is 0 Å². The van der Waals surface area contributed by atoms with Crippen LogP contribution in [0.15, 0.2) is 0 Å². The fourth-order valence-corrected chi connectivity index (χ4v) is 3.44. The van der Waals surface area contributed by atoms with E-state index in [2.05, 4.69) is 18.7 Å². The van der Waals surface area contributed by atoms with Gasteiger partial charge in [0.2, 0.25) is 0 Å². The minimum absolute atomic E-state index is 0.339. The van der Waals surface area contributed by atoms with E-state index in [0.29, 0.717) is 17.1 Å². The Kier molecular flexibility index (Phi) is 4.24. The third-order valence-electron chi connectivity index (χ3n) is 4.39. The third kappa shape index (κ3) is 3.80. The van der Waals surface area contributed by atoms with Crippen LogP contribution in [-0.2, 0) is 4.79 Å². The molecule has 0 spiro atoms. The van der Waals surface area contributed by atoms with Crippen LogP contribution in [0.2, 0.25) is 0 Å². The molecule has 2 aliphatic rings. The molecule has 0 amide bonds. The summed E-state index contributed by atoms with van der Waals surface area (Å²) in [6.07, 6.45) is 8.25. The lowest BCUT2D eigenvalue weighted by atomic mass is 9.83. The molecule has 0 N–H and O–H groups in total. The average Bonchev–Trinajstić information content (AvgIpc) is 2.43. The van der Waals surface area contributed by atoms with Crippen LogP contribution in [0.4, 0.5) is 0 Å². The minimum atomic E-state index is 0.339. The summed E-state index contributed by atoms with van der Waals surface area (Å²) >= 11 is 0. The first-order chi connectivity index (χ1) is 8.07. The van der Waals surface area contributed by atoms with Crippen molar-refractivity contribution in [1.82, 2.24) is 4.90 Å². The lowest BCUT2D eigenvalue weighted by Gasteiger charge is -2.39. The van der Waals surface area contributed by atoms with Crippen LogP contribution in [0.25, 0.3) is 0 Å². The van der Waals surface area contributed by atoms with Gasteiger partial charge in [-0.1, -0.05) is 26.7 Å². The van der Waals surface area contributed by atoms with Crippen LogP contribution in [0.1, 0.15) is 58.8 Å². The Morgan fingerprint density at radius 3 is 2.82 bits per heavy atom. The van der Waals surface area contributed by atoms with E-state index in [-0.39, 0.29) is 0 Å². The number of ketones is 1. The summed E-state index contributed by atoms with van der Waals surface area (Å²) in [6.45, 7) is 8.12. The molecule has 2 rings (SSSR count). The maximum absolute atomic E-state index is 12.0. The number of likely N-dealkylation sites (tertiary alicyclic amines) is 1.